The summed E-state index contributed by atoms with van der Waals surface area (Å²) in [6.45, 7) is 7.05. The molecule has 1 aliphatic heterocycles. The Morgan fingerprint density at radius 1 is 1.53 bits per heavy atom. The van der Waals surface area contributed by atoms with Crippen molar-refractivity contribution in [3.8, 4) is 0 Å². The third-order valence-electron chi connectivity index (χ3n) is 3.00. The topological polar surface area (TPSA) is 68.2 Å². The minimum absolute atomic E-state index is 0.293. The van der Waals surface area contributed by atoms with Crippen molar-refractivity contribution in [2.45, 2.75) is 45.7 Å². The molecule has 0 aromatic carbocycles. The molecule has 1 aromatic heterocycles. The molecule has 0 aliphatic carbocycles. The zero-order valence-electron chi connectivity index (χ0n) is 10.7. The minimum Gasteiger partial charge on any atom is -0.338 e. The molecular weight excluding hydrogens is 216 g/mol. The fourth-order valence-electron chi connectivity index (χ4n) is 2.23. The number of aromatic nitrogens is 2. The lowest BCUT2D eigenvalue weighted by molar-refractivity contribution is 0.178. The van der Waals surface area contributed by atoms with Gasteiger partial charge in [0.15, 0.2) is 5.82 Å². The summed E-state index contributed by atoms with van der Waals surface area (Å²) in [6.07, 6.45) is 3.16. The van der Waals surface area contributed by atoms with Gasteiger partial charge in [0.05, 0.1) is 6.54 Å². The third-order valence-corrected chi connectivity index (χ3v) is 3.00. The van der Waals surface area contributed by atoms with Gasteiger partial charge in [-0.2, -0.15) is 4.98 Å². The monoisotopic (exact) mass is 238 g/mol. The van der Waals surface area contributed by atoms with Crippen molar-refractivity contribution in [3.05, 3.63) is 11.7 Å². The first-order chi connectivity index (χ1) is 8.13. The van der Waals surface area contributed by atoms with Gasteiger partial charge in [-0.3, -0.25) is 4.90 Å². The van der Waals surface area contributed by atoms with Crippen LogP contribution < -0.4 is 5.73 Å². The van der Waals surface area contributed by atoms with Crippen LogP contribution in [0.3, 0.4) is 0 Å². The van der Waals surface area contributed by atoms with Gasteiger partial charge in [-0.15, -0.1) is 0 Å². The van der Waals surface area contributed by atoms with E-state index in [4.69, 9.17) is 10.3 Å². The van der Waals surface area contributed by atoms with Crippen LogP contribution in [0.25, 0.3) is 0 Å². The van der Waals surface area contributed by atoms with Gasteiger partial charge in [-0.05, 0) is 25.3 Å². The molecule has 0 spiro atoms. The van der Waals surface area contributed by atoms with Crippen LogP contribution in [-0.2, 0) is 13.0 Å². The lowest BCUT2D eigenvalue weighted by Crippen LogP contribution is -2.42. The smallest absolute Gasteiger partial charge is 0.240 e. The predicted octanol–water partition coefficient (Wildman–Crippen LogP) is 1.19. The van der Waals surface area contributed by atoms with Crippen molar-refractivity contribution in [1.82, 2.24) is 15.0 Å². The highest BCUT2D eigenvalue weighted by Gasteiger charge is 2.19. The first-order valence-electron chi connectivity index (χ1n) is 6.43. The van der Waals surface area contributed by atoms with Crippen molar-refractivity contribution in [3.63, 3.8) is 0 Å². The summed E-state index contributed by atoms with van der Waals surface area (Å²) in [7, 11) is 0. The molecule has 0 bridgehead atoms. The van der Waals surface area contributed by atoms with Gasteiger partial charge in [-0.1, -0.05) is 19.0 Å². The summed E-state index contributed by atoms with van der Waals surface area (Å²) < 4.78 is 5.26. The van der Waals surface area contributed by atoms with E-state index in [1.54, 1.807) is 0 Å². The van der Waals surface area contributed by atoms with Gasteiger partial charge in [-0.25, -0.2) is 0 Å². The van der Waals surface area contributed by atoms with Crippen LogP contribution in [-0.4, -0.2) is 34.2 Å². The summed E-state index contributed by atoms with van der Waals surface area (Å²) in [5.74, 6) is 2.09. The predicted molar refractivity (Wildman–Crippen MR) is 65.3 cm³/mol. The Labute approximate surface area is 102 Å². The molecule has 1 atom stereocenters. The molecule has 2 heterocycles. The molecule has 2 N–H and O–H groups in total. The Hall–Kier alpha value is -0.940. The number of rotatable bonds is 4. The second-order valence-corrected chi connectivity index (χ2v) is 5.34. The van der Waals surface area contributed by atoms with Crippen molar-refractivity contribution < 1.29 is 4.52 Å². The molecule has 1 fully saturated rings. The van der Waals surface area contributed by atoms with Gasteiger partial charge in [0, 0.05) is 19.0 Å². The zero-order chi connectivity index (χ0) is 12.3. The molecule has 0 saturated carbocycles. The van der Waals surface area contributed by atoms with Crippen LogP contribution in [0.1, 0.15) is 38.4 Å². The summed E-state index contributed by atoms with van der Waals surface area (Å²) in [4.78, 5) is 6.70. The van der Waals surface area contributed by atoms with Crippen LogP contribution in [0.5, 0.6) is 0 Å². The number of hydrogen-bond donors (Lipinski definition) is 1. The number of piperidine rings is 1. The van der Waals surface area contributed by atoms with Gasteiger partial charge in [0.1, 0.15) is 0 Å². The Bertz CT molecular complexity index is 350. The largest absolute Gasteiger partial charge is 0.338 e. The van der Waals surface area contributed by atoms with Crippen molar-refractivity contribution in [2.75, 3.05) is 13.1 Å². The first-order valence-corrected chi connectivity index (χ1v) is 6.43. The molecule has 17 heavy (non-hydrogen) atoms. The van der Waals surface area contributed by atoms with E-state index in [1.807, 2.05) is 0 Å². The summed E-state index contributed by atoms with van der Waals surface area (Å²) in [5.41, 5.74) is 5.94. The second kappa shape index (κ2) is 5.60. The van der Waals surface area contributed by atoms with E-state index in [0.717, 1.165) is 50.6 Å². The molecule has 1 saturated heterocycles. The van der Waals surface area contributed by atoms with Crippen molar-refractivity contribution >= 4 is 0 Å². The maximum atomic E-state index is 5.94. The normalized spacial score (nSPS) is 22.2. The van der Waals surface area contributed by atoms with Gasteiger partial charge < -0.3 is 10.3 Å². The number of nitrogens with zero attached hydrogens (tertiary/aromatic N) is 3. The minimum atomic E-state index is 0.293. The SMILES string of the molecule is CC(C)Cc1noc(CN2CCC[C@@H](N)C2)n1. The van der Waals surface area contributed by atoms with Crippen molar-refractivity contribution in [2.24, 2.45) is 11.7 Å². The third kappa shape index (κ3) is 3.78. The average Bonchev–Trinajstić information content (AvgIpc) is 2.64. The number of hydrogen-bond acceptors (Lipinski definition) is 5. The van der Waals surface area contributed by atoms with Crippen molar-refractivity contribution in [1.29, 1.82) is 0 Å². The van der Waals surface area contributed by atoms with Crippen LogP contribution in [0.4, 0.5) is 0 Å². The molecule has 0 unspecified atom stereocenters. The maximum Gasteiger partial charge on any atom is 0.240 e. The van der Waals surface area contributed by atoms with E-state index in [-0.39, 0.29) is 0 Å². The Kier molecular flexibility index (Phi) is 4.12. The average molecular weight is 238 g/mol. The molecular formula is C12H22N4O. The molecule has 5 heteroatoms. The molecule has 96 valence electrons. The highest BCUT2D eigenvalue weighted by Crippen LogP contribution is 2.12. The molecule has 5 nitrogen and oxygen atoms in total. The Morgan fingerprint density at radius 2 is 2.35 bits per heavy atom. The van der Waals surface area contributed by atoms with Gasteiger partial charge >= 0.3 is 0 Å². The van der Waals surface area contributed by atoms with Crippen LogP contribution >= 0.6 is 0 Å². The van der Waals surface area contributed by atoms with Gasteiger partial charge in [0.2, 0.25) is 5.89 Å². The quantitative estimate of drug-likeness (QED) is 0.853. The van der Waals surface area contributed by atoms with E-state index in [9.17, 15) is 0 Å². The lowest BCUT2D eigenvalue weighted by atomic mass is 10.1. The Balaban J connectivity index is 1.87. The lowest BCUT2D eigenvalue weighted by Gasteiger charge is -2.29. The highest BCUT2D eigenvalue weighted by atomic mass is 16.5. The molecule has 1 aliphatic rings. The molecule has 2 rings (SSSR count). The number of likely N-dealkylation sites (tertiary alicyclic amines) is 1. The maximum absolute atomic E-state index is 5.94. The Morgan fingerprint density at radius 3 is 3.06 bits per heavy atom. The zero-order valence-corrected chi connectivity index (χ0v) is 10.7. The summed E-state index contributed by atoms with van der Waals surface area (Å²) in [5, 5.41) is 4.00. The van der Waals surface area contributed by atoms with E-state index >= 15 is 0 Å². The van der Waals surface area contributed by atoms with E-state index in [1.165, 1.54) is 0 Å². The van der Waals surface area contributed by atoms with Crippen LogP contribution in [0.2, 0.25) is 0 Å². The first kappa shape index (κ1) is 12.5. The highest BCUT2D eigenvalue weighted by molar-refractivity contribution is 4.88. The summed E-state index contributed by atoms with van der Waals surface area (Å²) in [6, 6.07) is 0.293. The molecule has 0 amide bonds. The van der Waals surface area contributed by atoms with E-state index < -0.39 is 0 Å². The molecule has 1 aromatic rings. The van der Waals surface area contributed by atoms with Gasteiger partial charge in [0.25, 0.3) is 0 Å². The summed E-state index contributed by atoms with van der Waals surface area (Å²) >= 11 is 0. The van der Waals surface area contributed by atoms with Crippen LogP contribution in [0, 0.1) is 5.92 Å². The number of nitrogens with two attached hydrogens (primary N) is 1. The van der Waals surface area contributed by atoms with E-state index in [2.05, 4.69) is 28.9 Å². The standard InChI is InChI=1S/C12H22N4O/c1-9(2)6-11-14-12(17-15-11)8-16-5-3-4-10(13)7-16/h9-10H,3-8,13H2,1-2H3/t10-/m1/s1. The second-order valence-electron chi connectivity index (χ2n) is 5.34. The van der Waals surface area contributed by atoms with Crippen LogP contribution in [0.15, 0.2) is 4.52 Å². The molecule has 0 radical (unpaired) electrons. The fourth-order valence-corrected chi connectivity index (χ4v) is 2.23. The fraction of sp³-hybridized carbons (Fsp3) is 0.833. The van der Waals surface area contributed by atoms with E-state index in [0.29, 0.717) is 12.0 Å².